The summed E-state index contributed by atoms with van der Waals surface area (Å²) in [6, 6.07) is 10.6. The first-order valence-corrected chi connectivity index (χ1v) is 15.1. The van der Waals surface area contributed by atoms with Crippen molar-refractivity contribution < 1.29 is 38.8 Å². The van der Waals surface area contributed by atoms with Crippen LogP contribution in [0.15, 0.2) is 36.4 Å². The molecular formula is C32H41N3O8. The Morgan fingerprint density at radius 2 is 1.93 bits per heavy atom. The van der Waals surface area contributed by atoms with E-state index in [1.807, 2.05) is 35.2 Å². The molecule has 43 heavy (non-hydrogen) atoms. The van der Waals surface area contributed by atoms with E-state index in [0.717, 1.165) is 24.0 Å². The number of hydrogen-bond acceptors (Lipinski definition) is 8. The maximum absolute atomic E-state index is 13.6. The van der Waals surface area contributed by atoms with Gasteiger partial charge < -0.3 is 34.2 Å². The van der Waals surface area contributed by atoms with Crippen molar-refractivity contribution in [2.45, 2.75) is 51.1 Å². The zero-order valence-electron chi connectivity index (χ0n) is 24.9. The van der Waals surface area contributed by atoms with E-state index >= 15 is 0 Å². The van der Waals surface area contributed by atoms with Crippen LogP contribution in [0.5, 0.6) is 17.2 Å². The highest BCUT2D eigenvalue weighted by Gasteiger charge is 2.48. The summed E-state index contributed by atoms with van der Waals surface area (Å²) in [6.07, 6.45) is 2.65. The van der Waals surface area contributed by atoms with E-state index in [-0.39, 0.29) is 31.8 Å². The average molecular weight is 596 g/mol. The van der Waals surface area contributed by atoms with Crippen LogP contribution in [0.2, 0.25) is 0 Å². The van der Waals surface area contributed by atoms with Crippen molar-refractivity contribution >= 4 is 17.8 Å². The van der Waals surface area contributed by atoms with E-state index in [1.165, 1.54) is 7.11 Å². The third kappa shape index (κ3) is 6.42. The monoisotopic (exact) mass is 595 g/mol. The number of rotatable bonds is 14. The molecule has 1 saturated heterocycles. The van der Waals surface area contributed by atoms with Gasteiger partial charge in [-0.25, -0.2) is 0 Å². The molecule has 2 aromatic rings. The van der Waals surface area contributed by atoms with Crippen molar-refractivity contribution in [3.63, 3.8) is 0 Å². The Balaban J connectivity index is 1.42. The van der Waals surface area contributed by atoms with Crippen LogP contribution >= 0.6 is 0 Å². The SMILES string of the molecule is CCCCN(CCCO)C(=O)CN1C[C@H](c2cc(OC)c3c(c2)OCO3)[C@@H](C(=O)O)[C@@H]1CCN1Cc2ccccc2C1=O. The lowest BCUT2D eigenvalue weighted by atomic mass is 9.84. The maximum Gasteiger partial charge on any atom is 0.308 e. The van der Waals surface area contributed by atoms with Gasteiger partial charge in [-0.15, -0.1) is 0 Å². The lowest BCUT2D eigenvalue weighted by molar-refractivity contribution is -0.144. The van der Waals surface area contributed by atoms with E-state index in [0.29, 0.717) is 68.4 Å². The van der Waals surface area contributed by atoms with E-state index < -0.39 is 23.8 Å². The first kappa shape index (κ1) is 30.6. The van der Waals surface area contributed by atoms with Gasteiger partial charge in [0.25, 0.3) is 5.91 Å². The number of hydrogen-bond donors (Lipinski definition) is 2. The van der Waals surface area contributed by atoms with Crippen molar-refractivity contribution in [3.05, 3.63) is 53.1 Å². The number of ether oxygens (including phenoxy) is 3. The van der Waals surface area contributed by atoms with E-state index in [1.54, 1.807) is 15.9 Å². The summed E-state index contributed by atoms with van der Waals surface area (Å²) in [5, 5.41) is 20.0. The molecule has 0 aliphatic carbocycles. The number of carbonyl (C=O) groups excluding carboxylic acids is 2. The first-order chi connectivity index (χ1) is 20.9. The lowest BCUT2D eigenvalue weighted by Crippen LogP contribution is -2.45. The molecule has 0 bridgehead atoms. The second-order valence-electron chi connectivity index (χ2n) is 11.4. The first-order valence-electron chi connectivity index (χ1n) is 15.1. The Bertz CT molecular complexity index is 1330. The molecule has 2 amide bonds. The molecule has 3 atom stereocenters. The molecule has 3 aliphatic heterocycles. The Morgan fingerprint density at radius 1 is 1.14 bits per heavy atom. The Morgan fingerprint density at radius 3 is 2.65 bits per heavy atom. The van der Waals surface area contributed by atoms with Crippen molar-refractivity contribution in [3.8, 4) is 17.2 Å². The standard InChI is InChI=1S/C32H41N3O8/c1-3-4-11-33(12-7-14-36)28(37)19-35-18-24(22-15-26(41-2)30-27(16-22)42-20-43-30)29(32(39)40)25(35)10-13-34-17-21-8-5-6-9-23(21)31(34)38/h5-6,8-9,15-16,24-25,29,36H,3-4,7,10-14,17-20H2,1-2H3,(H,39,40)/t24-,25+,29-/m1/s1. The molecular weight excluding hydrogens is 554 g/mol. The fourth-order valence-electron chi connectivity index (χ4n) is 6.58. The quantitative estimate of drug-likeness (QED) is 0.339. The van der Waals surface area contributed by atoms with Gasteiger partial charge >= 0.3 is 5.97 Å². The summed E-state index contributed by atoms with van der Waals surface area (Å²) in [4.78, 5) is 45.2. The second kappa shape index (κ2) is 13.6. The minimum absolute atomic E-state index is 0.0103. The molecule has 1 fully saturated rings. The molecule has 11 nitrogen and oxygen atoms in total. The highest BCUT2D eigenvalue weighted by atomic mass is 16.7. The zero-order valence-corrected chi connectivity index (χ0v) is 24.9. The van der Waals surface area contributed by atoms with Crippen LogP contribution in [-0.2, 0) is 16.1 Å². The summed E-state index contributed by atoms with van der Waals surface area (Å²) in [6.45, 7) is 4.37. The Hall–Kier alpha value is -3.83. The van der Waals surface area contributed by atoms with E-state index in [2.05, 4.69) is 6.92 Å². The fraction of sp³-hybridized carbons (Fsp3) is 0.531. The number of likely N-dealkylation sites (tertiary alicyclic amines) is 1. The van der Waals surface area contributed by atoms with Crippen LogP contribution in [0.4, 0.5) is 0 Å². The number of methoxy groups -OCH3 is 1. The topological polar surface area (TPSA) is 129 Å². The van der Waals surface area contributed by atoms with Gasteiger partial charge in [-0.05, 0) is 48.6 Å². The number of unbranched alkanes of at least 4 members (excludes halogenated alkanes) is 1. The second-order valence-corrected chi connectivity index (χ2v) is 11.4. The number of aliphatic hydroxyl groups excluding tert-OH is 1. The van der Waals surface area contributed by atoms with Crippen LogP contribution in [0.1, 0.15) is 60.0 Å². The van der Waals surface area contributed by atoms with Crippen molar-refractivity contribution in [1.82, 2.24) is 14.7 Å². The molecule has 0 saturated carbocycles. The van der Waals surface area contributed by atoms with Crippen LogP contribution in [-0.4, -0.2) is 102 Å². The average Bonchev–Trinajstić information content (AvgIpc) is 3.71. The third-order valence-electron chi connectivity index (χ3n) is 8.79. The van der Waals surface area contributed by atoms with Gasteiger partial charge in [0, 0.05) is 56.9 Å². The molecule has 3 heterocycles. The maximum atomic E-state index is 13.6. The van der Waals surface area contributed by atoms with E-state index in [4.69, 9.17) is 14.2 Å². The number of aliphatic carboxylic acids is 1. The van der Waals surface area contributed by atoms with Crippen molar-refractivity contribution in [2.75, 3.05) is 53.2 Å². The van der Waals surface area contributed by atoms with Crippen molar-refractivity contribution in [1.29, 1.82) is 0 Å². The number of benzene rings is 2. The number of fused-ring (bicyclic) bond motifs is 2. The lowest BCUT2D eigenvalue weighted by Gasteiger charge is -2.30. The summed E-state index contributed by atoms with van der Waals surface area (Å²) >= 11 is 0. The van der Waals surface area contributed by atoms with Gasteiger partial charge in [-0.3, -0.25) is 19.3 Å². The molecule has 2 aromatic carbocycles. The summed E-state index contributed by atoms with van der Waals surface area (Å²) in [5.41, 5.74) is 2.37. The molecule has 232 valence electrons. The van der Waals surface area contributed by atoms with Gasteiger partial charge in [-0.1, -0.05) is 31.5 Å². The van der Waals surface area contributed by atoms with Crippen LogP contribution < -0.4 is 14.2 Å². The van der Waals surface area contributed by atoms with Crippen molar-refractivity contribution in [2.24, 2.45) is 5.92 Å². The number of carbonyl (C=O) groups is 3. The zero-order chi connectivity index (χ0) is 30.5. The smallest absolute Gasteiger partial charge is 0.308 e. The van der Waals surface area contributed by atoms with Gasteiger partial charge in [0.1, 0.15) is 0 Å². The molecule has 11 heteroatoms. The molecule has 3 aliphatic rings. The predicted molar refractivity (Wildman–Crippen MR) is 157 cm³/mol. The highest BCUT2D eigenvalue weighted by molar-refractivity contribution is 5.98. The Labute approximate surface area is 251 Å². The minimum atomic E-state index is -0.958. The fourth-order valence-corrected chi connectivity index (χ4v) is 6.58. The molecule has 5 rings (SSSR count). The largest absolute Gasteiger partial charge is 0.493 e. The summed E-state index contributed by atoms with van der Waals surface area (Å²) in [7, 11) is 1.53. The Kier molecular flexibility index (Phi) is 9.72. The molecule has 2 N–H and O–H groups in total. The third-order valence-corrected chi connectivity index (χ3v) is 8.79. The number of carboxylic acids is 1. The normalized spacial score (nSPS) is 20.9. The van der Waals surface area contributed by atoms with Gasteiger partial charge in [-0.2, -0.15) is 0 Å². The molecule has 0 unspecified atom stereocenters. The molecule has 0 radical (unpaired) electrons. The van der Waals surface area contributed by atoms with Crippen LogP contribution in [0.25, 0.3) is 0 Å². The van der Waals surface area contributed by atoms with Gasteiger partial charge in [0.2, 0.25) is 18.4 Å². The van der Waals surface area contributed by atoms with E-state index in [9.17, 15) is 24.6 Å². The number of nitrogens with zero attached hydrogens (tertiary/aromatic N) is 3. The number of aliphatic hydroxyl groups is 1. The van der Waals surface area contributed by atoms with Gasteiger partial charge in [0.15, 0.2) is 11.5 Å². The highest BCUT2D eigenvalue weighted by Crippen LogP contribution is 2.47. The number of amides is 2. The minimum Gasteiger partial charge on any atom is -0.493 e. The number of carboxylic acid groups (broad SMARTS) is 1. The van der Waals surface area contributed by atoms with Crippen LogP contribution in [0, 0.1) is 5.92 Å². The molecule has 0 aromatic heterocycles. The van der Waals surface area contributed by atoms with Gasteiger partial charge in [0.05, 0.1) is 19.6 Å². The summed E-state index contributed by atoms with van der Waals surface area (Å²) in [5.74, 6) is -0.941. The molecule has 0 spiro atoms. The van der Waals surface area contributed by atoms with Crippen LogP contribution in [0.3, 0.4) is 0 Å². The predicted octanol–water partition coefficient (Wildman–Crippen LogP) is 2.95. The summed E-state index contributed by atoms with van der Waals surface area (Å²) < 4.78 is 16.7.